The second-order valence-electron chi connectivity index (χ2n) is 5.27. The summed E-state index contributed by atoms with van der Waals surface area (Å²) >= 11 is 7.33. The van der Waals surface area contributed by atoms with Crippen LogP contribution in [0.3, 0.4) is 0 Å². The molecule has 0 saturated heterocycles. The fourth-order valence-corrected chi connectivity index (χ4v) is 3.04. The fraction of sp³-hybridized carbons (Fsp3) is 0.429. The normalized spacial score (nSPS) is 15.6. The number of thioether (sulfide) groups is 1. The number of pyridine rings is 1. The van der Waals surface area contributed by atoms with Crippen molar-refractivity contribution in [2.45, 2.75) is 36.1 Å². The van der Waals surface area contributed by atoms with Gasteiger partial charge in [0.1, 0.15) is 5.82 Å². The van der Waals surface area contributed by atoms with Gasteiger partial charge in [-0.25, -0.2) is 4.98 Å². The number of carbonyl (C=O) groups is 1. The molecular formula is C14H16ClN5OS. The molecule has 3 rings (SSSR count). The van der Waals surface area contributed by atoms with Gasteiger partial charge in [-0.2, -0.15) is 0 Å². The molecule has 1 aliphatic carbocycles. The summed E-state index contributed by atoms with van der Waals surface area (Å²) in [6, 6.07) is 3.45. The third-order valence-electron chi connectivity index (χ3n) is 3.48. The number of anilines is 1. The summed E-state index contributed by atoms with van der Waals surface area (Å²) in [5.41, 5.74) is 0.512. The Labute approximate surface area is 137 Å². The van der Waals surface area contributed by atoms with Gasteiger partial charge < -0.3 is 9.88 Å². The zero-order valence-corrected chi connectivity index (χ0v) is 13.9. The summed E-state index contributed by atoms with van der Waals surface area (Å²) < 4.78 is 1.98. The average molecular weight is 338 g/mol. The minimum atomic E-state index is -0.314. The highest BCUT2D eigenvalue weighted by Gasteiger charge is 2.30. The van der Waals surface area contributed by atoms with Crippen LogP contribution in [0.2, 0.25) is 5.15 Å². The van der Waals surface area contributed by atoms with Gasteiger partial charge in [-0.3, -0.25) is 4.79 Å². The number of aromatic nitrogens is 4. The molecular weight excluding hydrogens is 322 g/mol. The molecule has 1 amide bonds. The third-order valence-corrected chi connectivity index (χ3v) is 4.91. The Balaban J connectivity index is 1.65. The van der Waals surface area contributed by atoms with E-state index < -0.39 is 0 Å². The molecule has 1 saturated carbocycles. The van der Waals surface area contributed by atoms with Crippen molar-refractivity contribution < 1.29 is 4.79 Å². The van der Waals surface area contributed by atoms with Gasteiger partial charge in [-0.15, -0.1) is 10.2 Å². The Bertz CT molecular complexity index is 700. The predicted octanol–water partition coefficient (Wildman–Crippen LogP) is 2.86. The van der Waals surface area contributed by atoms with E-state index >= 15 is 0 Å². The second-order valence-corrected chi connectivity index (χ2v) is 6.93. The first-order valence-corrected chi connectivity index (χ1v) is 8.29. The van der Waals surface area contributed by atoms with Crippen molar-refractivity contribution in [3.8, 4) is 0 Å². The Hall–Kier alpha value is -1.60. The molecule has 0 aromatic carbocycles. The highest BCUT2D eigenvalue weighted by atomic mass is 35.5. The van der Waals surface area contributed by atoms with Crippen LogP contribution in [-0.2, 0) is 11.8 Å². The molecule has 0 bridgehead atoms. The van der Waals surface area contributed by atoms with Crippen LogP contribution in [0, 0.1) is 0 Å². The number of halogens is 1. The van der Waals surface area contributed by atoms with Crippen molar-refractivity contribution in [2.24, 2.45) is 7.05 Å². The smallest absolute Gasteiger partial charge is 0.237 e. The monoisotopic (exact) mass is 337 g/mol. The Morgan fingerprint density at radius 2 is 2.27 bits per heavy atom. The van der Waals surface area contributed by atoms with Crippen molar-refractivity contribution in [2.75, 3.05) is 5.32 Å². The van der Waals surface area contributed by atoms with Crippen molar-refractivity contribution in [1.82, 2.24) is 19.7 Å². The van der Waals surface area contributed by atoms with Crippen molar-refractivity contribution >= 4 is 35.0 Å². The SMILES string of the molecule is C[C@H](Sc1nnc(C2CC2)n1C)C(=O)Nc1cccnc1Cl. The number of hydrogen-bond acceptors (Lipinski definition) is 5. The van der Waals surface area contributed by atoms with Crippen LogP contribution in [0.25, 0.3) is 0 Å². The first-order chi connectivity index (χ1) is 10.6. The van der Waals surface area contributed by atoms with E-state index in [1.54, 1.807) is 18.3 Å². The predicted molar refractivity (Wildman–Crippen MR) is 86.2 cm³/mol. The molecule has 8 heteroatoms. The van der Waals surface area contributed by atoms with E-state index in [1.165, 1.54) is 24.6 Å². The van der Waals surface area contributed by atoms with Crippen molar-refractivity contribution in [3.63, 3.8) is 0 Å². The zero-order valence-electron chi connectivity index (χ0n) is 12.3. The molecule has 1 N–H and O–H groups in total. The van der Waals surface area contributed by atoms with Gasteiger partial charge in [-0.1, -0.05) is 23.4 Å². The molecule has 0 aliphatic heterocycles. The average Bonchev–Trinajstić information content (AvgIpc) is 3.27. The minimum Gasteiger partial charge on any atom is -0.322 e. The van der Waals surface area contributed by atoms with Crippen LogP contribution in [0.1, 0.15) is 31.5 Å². The van der Waals surface area contributed by atoms with E-state index in [4.69, 9.17) is 11.6 Å². The van der Waals surface area contributed by atoms with Gasteiger partial charge in [0.2, 0.25) is 5.91 Å². The lowest BCUT2D eigenvalue weighted by Gasteiger charge is -2.12. The molecule has 22 heavy (non-hydrogen) atoms. The number of amides is 1. The van der Waals surface area contributed by atoms with Gasteiger partial charge in [0.25, 0.3) is 0 Å². The van der Waals surface area contributed by atoms with E-state index in [9.17, 15) is 4.79 Å². The summed E-state index contributed by atoms with van der Waals surface area (Å²) in [5, 5.41) is 11.9. The lowest BCUT2D eigenvalue weighted by atomic mass is 10.4. The van der Waals surface area contributed by atoms with Crippen LogP contribution in [0.5, 0.6) is 0 Å². The van der Waals surface area contributed by atoms with Crippen LogP contribution in [0.4, 0.5) is 5.69 Å². The summed E-state index contributed by atoms with van der Waals surface area (Å²) in [6.07, 6.45) is 3.92. The maximum atomic E-state index is 12.3. The second kappa shape index (κ2) is 6.26. The Kier molecular flexibility index (Phi) is 4.35. The molecule has 1 fully saturated rings. The fourth-order valence-electron chi connectivity index (χ4n) is 2.05. The van der Waals surface area contributed by atoms with Gasteiger partial charge in [-0.05, 0) is 31.9 Å². The summed E-state index contributed by atoms with van der Waals surface area (Å²) in [7, 11) is 1.94. The third kappa shape index (κ3) is 3.25. The lowest BCUT2D eigenvalue weighted by molar-refractivity contribution is -0.115. The number of rotatable bonds is 5. The molecule has 2 aromatic heterocycles. The number of nitrogens with one attached hydrogen (secondary N) is 1. The van der Waals surface area contributed by atoms with Crippen LogP contribution >= 0.6 is 23.4 Å². The molecule has 0 unspecified atom stereocenters. The molecule has 6 nitrogen and oxygen atoms in total. The van der Waals surface area contributed by atoms with Crippen LogP contribution in [-0.4, -0.2) is 30.9 Å². The van der Waals surface area contributed by atoms with E-state index in [1.807, 2.05) is 18.5 Å². The maximum absolute atomic E-state index is 12.3. The van der Waals surface area contributed by atoms with Gasteiger partial charge in [0, 0.05) is 19.2 Å². The van der Waals surface area contributed by atoms with Gasteiger partial charge >= 0.3 is 0 Å². The molecule has 0 spiro atoms. The van der Waals surface area contributed by atoms with Crippen molar-refractivity contribution in [3.05, 3.63) is 29.3 Å². The topological polar surface area (TPSA) is 72.7 Å². The van der Waals surface area contributed by atoms with E-state index in [0.29, 0.717) is 11.6 Å². The van der Waals surface area contributed by atoms with E-state index in [0.717, 1.165) is 11.0 Å². The van der Waals surface area contributed by atoms with E-state index in [-0.39, 0.29) is 16.3 Å². The van der Waals surface area contributed by atoms with Crippen LogP contribution in [0.15, 0.2) is 23.5 Å². The highest BCUT2D eigenvalue weighted by Crippen LogP contribution is 2.39. The van der Waals surface area contributed by atoms with Gasteiger partial charge in [0.15, 0.2) is 10.3 Å². The van der Waals surface area contributed by atoms with Crippen molar-refractivity contribution in [1.29, 1.82) is 0 Å². The quantitative estimate of drug-likeness (QED) is 0.671. The highest BCUT2D eigenvalue weighted by molar-refractivity contribution is 8.00. The first-order valence-electron chi connectivity index (χ1n) is 7.03. The number of hydrogen-bond donors (Lipinski definition) is 1. The molecule has 1 atom stereocenters. The number of carbonyl (C=O) groups excluding carboxylic acids is 1. The standard InChI is InChI=1S/C14H16ClN5OS/c1-8(13(21)17-10-4-3-7-16-11(10)15)22-14-19-18-12(20(14)2)9-5-6-9/h3-4,7-9H,5-6H2,1-2H3,(H,17,21)/t8-/m0/s1. The molecule has 1 aliphatic rings. The molecule has 0 radical (unpaired) electrons. The summed E-state index contributed by atoms with van der Waals surface area (Å²) in [6.45, 7) is 1.83. The zero-order chi connectivity index (χ0) is 15.7. The van der Waals surface area contributed by atoms with Crippen LogP contribution < -0.4 is 5.32 Å². The first kappa shape index (κ1) is 15.3. The Morgan fingerprint density at radius 1 is 1.50 bits per heavy atom. The molecule has 2 aromatic rings. The van der Waals surface area contributed by atoms with Gasteiger partial charge in [0.05, 0.1) is 10.9 Å². The Morgan fingerprint density at radius 3 is 2.95 bits per heavy atom. The lowest BCUT2D eigenvalue weighted by Crippen LogP contribution is -2.23. The summed E-state index contributed by atoms with van der Waals surface area (Å²) in [5.74, 6) is 1.39. The molecule has 116 valence electrons. The molecule has 2 heterocycles. The number of nitrogens with zero attached hydrogens (tertiary/aromatic N) is 4. The summed E-state index contributed by atoms with van der Waals surface area (Å²) in [4.78, 5) is 16.2. The largest absolute Gasteiger partial charge is 0.322 e. The maximum Gasteiger partial charge on any atom is 0.237 e. The van der Waals surface area contributed by atoms with E-state index in [2.05, 4.69) is 20.5 Å². The minimum absolute atomic E-state index is 0.143.